The number of amides is 2. The van der Waals surface area contributed by atoms with E-state index in [0.717, 1.165) is 0 Å². The standard InChI is InChI=1S/C19H18ClN3O3S/c20-13-6-8-15(9-7-13)21-18(26)16-12-17(25)23(10-11-24)19(27-16)22-14-4-2-1-3-5-14/h1-9,16,24H,10-12H2,(H,21,26)/t16-/m1/s1. The van der Waals surface area contributed by atoms with Crippen molar-refractivity contribution >= 4 is 51.7 Å². The average Bonchev–Trinajstić information content (AvgIpc) is 2.67. The van der Waals surface area contributed by atoms with Crippen LogP contribution in [0, 0.1) is 0 Å². The van der Waals surface area contributed by atoms with Crippen molar-refractivity contribution in [2.24, 2.45) is 4.99 Å². The zero-order valence-corrected chi connectivity index (χ0v) is 15.9. The zero-order valence-electron chi connectivity index (χ0n) is 14.3. The van der Waals surface area contributed by atoms with Gasteiger partial charge in [0.05, 0.1) is 18.8 Å². The first-order valence-corrected chi connectivity index (χ1v) is 9.60. The van der Waals surface area contributed by atoms with Crippen LogP contribution in [0.5, 0.6) is 0 Å². The Bertz CT molecular complexity index is 843. The van der Waals surface area contributed by atoms with Gasteiger partial charge in [-0.15, -0.1) is 0 Å². The molecule has 2 aromatic carbocycles. The smallest absolute Gasteiger partial charge is 0.238 e. The number of aliphatic imine (C=N–C) groups is 1. The molecule has 0 spiro atoms. The molecule has 3 rings (SSSR count). The van der Waals surface area contributed by atoms with Crippen LogP contribution in [-0.4, -0.2) is 45.4 Å². The second kappa shape index (κ2) is 9.03. The van der Waals surface area contributed by atoms with Crippen LogP contribution in [0.1, 0.15) is 6.42 Å². The molecule has 1 saturated heterocycles. The van der Waals surface area contributed by atoms with Crippen molar-refractivity contribution in [3.8, 4) is 0 Å². The third kappa shape index (κ3) is 5.09. The van der Waals surface area contributed by atoms with Crippen molar-refractivity contribution in [3.05, 3.63) is 59.6 Å². The molecule has 2 aromatic rings. The zero-order chi connectivity index (χ0) is 19.2. The second-order valence-electron chi connectivity index (χ2n) is 5.81. The van der Waals surface area contributed by atoms with Crippen molar-refractivity contribution in [1.29, 1.82) is 0 Å². The lowest BCUT2D eigenvalue weighted by Gasteiger charge is -2.31. The maximum Gasteiger partial charge on any atom is 0.238 e. The third-order valence-corrected chi connectivity index (χ3v) is 5.29. The first-order chi connectivity index (χ1) is 13.1. The van der Waals surface area contributed by atoms with E-state index < -0.39 is 5.25 Å². The molecule has 2 amide bonds. The van der Waals surface area contributed by atoms with Crippen LogP contribution in [0.2, 0.25) is 5.02 Å². The number of nitrogens with zero attached hydrogens (tertiary/aromatic N) is 2. The number of aliphatic hydroxyl groups is 1. The van der Waals surface area contributed by atoms with E-state index in [-0.39, 0.29) is 31.4 Å². The molecule has 2 N–H and O–H groups in total. The number of halogens is 1. The largest absolute Gasteiger partial charge is 0.395 e. The molecule has 1 aliphatic heterocycles. The number of amidine groups is 1. The van der Waals surface area contributed by atoms with Crippen LogP contribution in [0.4, 0.5) is 11.4 Å². The van der Waals surface area contributed by atoms with Crippen LogP contribution in [0.25, 0.3) is 0 Å². The summed E-state index contributed by atoms with van der Waals surface area (Å²) < 4.78 is 0. The molecule has 6 nitrogen and oxygen atoms in total. The number of thioether (sulfide) groups is 1. The van der Waals surface area contributed by atoms with Gasteiger partial charge >= 0.3 is 0 Å². The maximum atomic E-state index is 12.6. The summed E-state index contributed by atoms with van der Waals surface area (Å²) in [5.74, 6) is -0.520. The van der Waals surface area contributed by atoms with Gasteiger partial charge in [-0.3, -0.25) is 14.5 Å². The number of nitrogens with one attached hydrogen (secondary N) is 1. The molecule has 8 heteroatoms. The second-order valence-corrected chi connectivity index (χ2v) is 7.41. The van der Waals surface area contributed by atoms with Crippen molar-refractivity contribution in [1.82, 2.24) is 4.90 Å². The number of carbonyl (C=O) groups is 2. The van der Waals surface area contributed by atoms with Crippen LogP contribution >= 0.6 is 23.4 Å². The van der Waals surface area contributed by atoms with Crippen LogP contribution in [-0.2, 0) is 9.59 Å². The Kier molecular flexibility index (Phi) is 6.49. The van der Waals surface area contributed by atoms with Crippen LogP contribution in [0.3, 0.4) is 0 Å². The number of benzene rings is 2. The first kappa shape index (κ1) is 19.4. The average molecular weight is 404 g/mol. The van der Waals surface area contributed by atoms with Gasteiger partial charge in [-0.05, 0) is 36.4 Å². The van der Waals surface area contributed by atoms with E-state index in [1.807, 2.05) is 30.3 Å². The van der Waals surface area contributed by atoms with E-state index in [9.17, 15) is 14.7 Å². The van der Waals surface area contributed by atoms with Crippen molar-refractivity contribution in [3.63, 3.8) is 0 Å². The molecule has 0 aromatic heterocycles. The Hall–Kier alpha value is -2.35. The molecule has 1 heterocycles. The molecular weight excluding hydrogens is 386 g/mol. The van der Waals surface area contributed by atoms with Gasteiger partial charge in [0.25, 0.3) is 0 Å². The molecule has 1 atom stereocenters. The van der Waals surface area contributed by atoms with Gasteiger partial charge in [0.2, 0.25) is 11.8 Å². The molecule has 1 aliphatic rings. The Labute approximate surface area is 166 Å². The minimum atomic E-state index is -0.606. The number of anilines is 1. The summed E-state index contributed by atoms with van der Waals surface area (Å²) >= 11 is 7.07. The number of aliphatic hydroxyl groups excluding tert-OH is 1. The fraction of sp³-hybridized carbons (Fsp3) is 0.211. The molecule has 0 bridgehead atoms. The van der Waals surface area contributed by atoms with E-state index in [4.69, 9.17) is 11.6 Å². The number of β-amino-alcohol motifs (C(OH)–C–C–N with tert-alkyl or cyclic N) is 1. The van der Waals surface area contributed by atoms with Gasteiger partial charge in [-0.25, -0.2) is 4.99 Å². The van der Waals surface area contributed by atoms with Crippen molar-refractivity contribution in [2.45, 2.75) is 11.7 Å². The van der Waals surface area contributed by atoms with Crippen molar-refractivity contribution < 1.29 is 14.7 Å². The summed E-state index contributed by atoms with van der Waals surface area (Å²) in [5, 5.41) is 12.4. The third-order valence-electron chi connectivity index (χ3n) is 3.85. The van der Waals surface area contributed by atoms with Crippen LogP contribution in [0.15, 0.2) is 59.6 Å². The Balaban J connectivity index is 1.79. The SMILES string of the molecule is O=C(Nc1ccc(Cl)cc1)[C@H]1CC(=O)N(CCO)C(=Nc2ccccc2)S1. The molecule has 27 heavy (non-hydrogen) atoms. The van der Waals surface area contributed by atoms with Gasteiger partial charge in [0.1, 0.15) is 5.25 Å². The van der Waals surface area contributed by atoms with Gasteiger partial charge < -0.3 is 10.4 Å². The number of carbonyl (C=O) groups excluding carboxylic acids is 2. The summed E-state index contributed by atoms with van der Waals surface area (Å²) in [6, 6.07) is 15.9. The minimum absolute atomic E-state index is 0.0396. The van der Waals surface area contributed by atoms with Crippen molar-refractivity contribution in [2.75, 3.05) is 18.5 Å². The highest BCUT2D eigenvalue weighted by Crippen LogP contribution is 2.29. The van der Waals surface area contributed by atoms with Gasteiger partial charge in [-0.1, -0.05) is 41.6 Å². The predicted octanol–water partition coefficient (Wildman–Crippen LogP) is 3.29. The fourth-order valence-electron chi connectivity index (χ4n) is 2.53. The molecule has 140 valence electrons. The van der Waals surface area contributed by atoms with E-state index >= 15 is 0 Å². The van der Waals surface area contributed by atoms with Gasteiger partial charge in [0, 0.05) is 17.1 Å². The van der Waals surface area contributed by atoms with E-state index in [0.29, 0.717) is 21.6 Å². The maximum absolute atomic E-state index is 12.6. The molecular formula is C19H18ClN3O3S. The monoisotopic (exact) mass is 403 g/mol. The Morgan fingerprint density at radius 2 is 1.93 bits per heavy atom. The lowest BCUT2D eigenvalue weighted by molar-refractivity contribution is -0.129. The van der Waals surface area contributed by atoms with E-state index in [2.05, 4.69) is 10.3 Å². The summed E-state index contributed by atoms with van der Waals surface area (Å²) in [5.41, 5.74) is 1.28. The highest BCUT2D eigenvalue weighted by atomic mass is 35.5. The van der Waals surface area contributed by atoms with Crippen LogP contribution < -0.4 is 5.32 Å². The topological polar surface area (TPSA) is 82.0 Å². The summed E-state index contributed by atoms with van der Waals surface area (Å²) in [4.78, 5) is 31.1. The number of rotatable bonds is 5. The number of para-hydroxylation sites is 1. The summed E-state index contributed by atoms with van der Waals surface area (Å²) in [6.45, 7) is -0.0369. The molecule has 0 aliphatic carbocycles. The summed E-state index contributed by atoms with van der Waals surface area (Å²) in [6.07, 6.45) is 0.0396. The van der Waals surface area contributed by atoms with E-state index in [1.165, 1.54) is 16.7 Å². The first-order valence-electron chi connectivity index (χ1n) is 8.35. The normalized spacial score (nSPS) is 18.6. The van der Waals surface area contributed by atoms with Gasteiger partial charge in [0.15, 0.2) is 5.17 Å². The Morgan fingerprint density at radius 1 is 1.22 bits per heavy atom. The predicted molar refractivity (Wildman–Crippen MR) is 108 cm³/mol. The highest BCUT2D eigenvalue weighted by Gasteiger charge is 2.35. The van der Waals surface area contributed by atoms with Gasteiger partial charge in [-0.2, -0.15) is 0 Å². The Morgan fingerprint density at radius 3 is 2.59 bits per heavy atom. The summed E-state index contributed by atoms with van der Waals surface area (Å²) in [7, 11) is 0. The molecule has 0 radical (unpaired) electrons. The van der Waals surface area contributed by atoms with E-state index in [1.54, 1.807) is 24.3 Å². The molecule has 1 fully saturated rings. The molecule has 0 unspecified atom stereocenters. The lowest BCUT2D eigenvalue weighted by Crippen LogP contribution is -2.46. The minimum Gasteiger partial charge on any atom is -0.395 e. The number of hydrogen-bond donors (Lipinski definition) is 2. The molecule has 0 saturated carbocycles. The fourth-order valence-corrected chi connectivity index (χ4v) is 3.78. The number of hydrogen-bond acceptors (Lipinski definition) is 5. The highest BCUT2D eigenvalue weighted by molar-refractivity contribution is 8.15. The quantitative estimate of drug-likeness (QED) is 0.802. The lowest BCUT2D eigenvalue weighted by atomic mass is 10.2.